The van der Waals surface area contributed by atoms with Crippen molar-refractivity contribution in [2.75, 3.05) is 6.54 Å². The van der Waals surface area contributed by atoms with Crippen molar-refractivity contribution in [3.05, 3.63) is 63.9 Å². The van der Waals surface area contributed by atoms with Gasteiger partial charge < -0.3 is 5.32 Å². The maximum Gasteiger partial charge on any atom is 0.0422 e. The molecule has 0 radical (unpaired) electrons. The molecule has 1 atom stereocenters. The Morgan fingerprint density at radius 3 is 2.43 bits per heavy atom. The molecular weight excluding hydrogens is 324 g/mol. The monoisotopic (exact) mass is 346 g/mol. The first-order valence-corrected chi connectivity index (χ1v) is 8.44. The first-order chi connectivity index (χ1) is 10.2. The molecule has 0 aliphatic carbocycles. The number of rotatable bonds is 7. The minimum absolute atomic E-state index is 0.318. The van der Waals surface area contributed by atoms with Crippen LogP contribution < -0.4 is 5.32 Å². The summed E-state index contributed by atoms with van der Waals surface area (Å²) in [6.07, 6.45) is 5.09. The highest BCUT2D eigenvalue weighted by Crippen LogP contribution is 2.20. The fourth-order valence-electron chi connectivity index (χ4n) is 2.32. The molecular formula is C18H23BrN2. The van der Waals surface area contributed by atoms with E-state index in [-0.39, 0.29) is 0 Å². The lowest BCUT2D eigenvalue weighted by atomic mass is 10.0. The molecule has 1 aromatic heterocycles. The molecule has 0 fully saturated rings. The van der Waals surface area contributed by atoms with E-state index in [9.17, 15) is 0 Å². The summed E-state index contributed by atoms with van der Waals surface area (Å²) in [5.74, 6) is 0. The highest BCUT2D eigenvalue weighted by atomic mass is 79.9. The van der Waals surface area contributed by atoms with Gasteiger partial charge in [0.1, 0.15) is 0 Å². The molecule has 0 saturated carbocycles. The van der Waals surface area contributed by atoms with Gasteiger partial charge in [-0.1, -0.05) is 48.0 Å². The normalized spacial score (nSPS) is 12.3. The molecule has 21 heavy (non-hydrogen) atoms. The molecule has 2 rings (SSSR count). The minimum atomic E-state index is 0.318. The summed E-state index contributed by atoms with van der Waals surface area (Å²) >= 11 is 3.50. The SMILES string of the molecule is CCCNC(Cc1ccc(CC)cn1)c1ccc(Br)cc1. The van der Waals surface area contributed by atoms with Crippen molar-refractivity contribution < 1.29 is 0 Å². The topological polar surface area (TPSA) is 24.9 Å². The van der Waals surface area contributed by atoms with Crippen LogP contribution in [0.5, 0.6) is 0 Å². The van der Waals surface area contributed by atoms with Gasteiger partial charge in [0.2, 0.25) is 0 Å². The van der Waals surface area contributed by atoms with Crippen LogP contribution in [-0.4, -0.2) is 11.5 Å². The molecule has 3 heteroatoms. The summed E-state index contributed by atoms with van der Waals surface area (Å²) in [4.78, 5) is 4.59. The van der Waals surface area contributed by atoms with Crippen molar-refractivity contribution in [2.45, 2.75) is 39.2 Å². The molecule has 2 aromatic rings. The molecule has 1 N–H and O–H groups in total. The summed E-state index contributed by atoms with van der Waals surface area (Å²) in [7, 11) is 0. The second kappa shape index (κ2) is 8.30. The highest BCUT2D eigenvalue weighted by molar-refractivity contribution is 9.10. The molecule has 0 saturated heterocycles. The number of nitrogens with one attached hydrogen (secondary N) is 1. The second-order valence-corrected chi connectivity index (χ2v) is 6.19. The van der Waals surface area contributed by atoms with Gasteiger partial charge in [-0.25, -0.2) is 0 Å². The van der Waals surface area contributed by atoms with E-state index in [2.05, 4.69) is 76.5 Å². The number of aryl methyl sites for hydroxylation is 1. The van der Waals surface area contributed by atoms with Crippen LogP contribution in [0.3, 0.4) is 0 Å². The van der Waals surface area contributed by atoms with Crippen molar-refractivity contribution in [1.82, 2.24) is 10.3 Å². The van der Waals surface area contributed by atoms with E-state index in [0.717, 1.165) is 36.0 Å². The quantitative estimate of drug-likeness (QED) is 0.786. The van der Waals surface area contributed by atoms with Crippen molar-refractivity contribution in [1.29, 1.82) is 0 Å². The molecule has 0 aliphatic heterocycles. The van der Waals surface area contributed by atoms with E-state index in [1.807, 2.05) is 6.20 Å². The predicted molar refractivity (Wildman–Crippen MR) is 92.5 cm³/mol. The Hall–Kier alpha value is -1.19. The van der Waals surface area contributed by atoms with E-state index in [1.165, 1.54) is 11.1 Å². The number of halogens is 1. The van der Waals surface area contributed by atoms with Crippen molar-refractivity contribution in [3.8, 4) is 0 Å². The molecule has 0 aliphatic rings. The Kier molecular flexibility index (Phi) is 6.40. The van der Waals surface area contributed by atoms with Crippen LogP contribution in [0.15, 0.2) is 47.1 Å². The molecule has 112 valence electrons. The lowest BCUT2D eigenvalue weighted by Gasteiger charge is -2.19. The third-order valence-corrected chi connectivity index (χ3v) is 4.15. The van der Waals surface area contributed by atoms with Gasteiger partial charge in [0.25, 0.3) is 0 Å². The zero-order valence-corrected chi connectivity index (χ0v) is 14.4. The largest absolute Gasteiger partial charge is 0.310 e. The molecule has 1 aromatic carbocycles. The van der Waals surface area contributed by atoms with Gasteiger partial charge in [0.15, 0.2) is 0 Å². The highest BCUT2D eigenvalue weighted by Gasteiger charge is 2.12. The van der Waals surface area contributed by atoms with E-state index in [4.69, 9.17) is 0 Å². The first-order valence-electron chi connectivity index (χ1n) is 7.65. The molecule has 0 amide bonds. The summed E-state index contributed by atoms with van der Waals surface area (Å²) in [6.45, 7) is 5.37. The van der Waals surface area contributed by atoms with Gasteiger partial charge in [0, 0.05) is 28.8 Å². The fraction of sp³-hybridized carbons (Fsp3) is 0.389. The zero-order valence-electron chi connectivity index (χ0n) is 12.8. The van der Waals surface area contributed by atoms with Crippen LogP contribution in [0.1, 0.15) is 43.1 Å². The van der Waals surface area contributed by atoms with Gasteiger partial charge >= 0.3 is 0 Å². The minimum Gasteiger partial charge on any atom is -0.310 e. The maximum absolute atomic E-state index is 4.59. The molecule has 1 unspecified atom stereocenters. The van der Waals surface area contributed by atoms with Crippen LogP contribution in [0.4, 0.5) is 0 Å². The average Bonchev–Trinajstić information content (AvgIpc) is 2.53. The third-order valence-electron chi connectivity index (χ3n) is 3.62. The Morgan fingerprint density at radius 2 is 1.86 bits per heavy atom. The lowest BCUT2D eigenvalue weighted by Crippen LogP contribution is -2.24. The van der Waals surface area contributed by atoms with Crippen molar-refractivity contribution in [3.63, 3.8) is 0 Å². The number of hydrogen-bond donors (Lipinski definition) is 1. The van der Waals surface area contributed by atoms with Crippen LogP contribution in [-0.2, 0) is 12.8 Å². The predicted octanol–water partition coefficient (Wildman–Crippen LogP) is 4.69. The number of pyridine rings is 1. The average molecular weight is 347 g/mol. The van der Waals surface area contributed by atoms with Crippen LogP contribution >= 0.6 is 15.9 Å². The van der Waals surface area contributed by atoms with Crippen LogP contribution in [0, 0.1) is 0 Å². The van der Waals surface area contributed by atoms with Gasteiger partial charge in [-0.05, 0) is 48.7 Å². The van der Waals surface area contributed by atoms with Crippen LogP contribution in [0.25, 0.3) is 0 Å². The Bertz CT molecular complexity index is 534. The van der Waals surface area contributed by atoms with Gasteiger partial charge in [0.05, 0.1) is 0 Å². The summed E-state index contributed by atoms with van der Waals surface area (Å²) in [5.41, 5.74) is 3.75. The molecule has 2 nitrogen and oxygen atoms in total. The fourth-order valence-corrected chi connectivity index (χ4v) is 2.58. The first kappa shape index (κ1) is 16.2. The molecule has 0 spiro atoms. The van der Waals surface area contributed by atoms with E-state index < -0.39 is 0 Å². The second-order valence-electron chi connectivity index (χ2n) is 5.27. The van der Waals surface area contributed by atoms with E-state index in [1.54, 1.807) is 0 Å². The lowest BCUT2D eigenvalue weighted by molar-refractivity contribution is 0.524. The summed E-state index contributed by atoms with van der Waals surface area (Å²) < 4.78 is 1.12. The maximum atomic E-state index is 4.59. The summed E-state index contributed by atoms with van der Waals surface area (Å²) in [6, 6.07) is 13.2. The standard InChI is InChI=1S/C18H23BrN2/c1-3-11-20-18(15-6-8-16(19)9-7-15)12-17-10-5-14(4-2)13-21-17/h5-10,13,18,20H,3-4,11-12H2,1-2H3. The van der Waals surface area contributed by atoms with E-state index in [0.29, 0.717) is 6.04 Å². The van der Waals surface area contributed by atoms with Crippen LogP contribution in [0.2, 0.25) is 0 Å². The zero-order chi connectivity index (χ0) is 15.1. The van der Waals surface area contributed by atoms with Crippen molar-refractivity contribution >= 4 is 15.9 Å². The van der Waals surface area contributed by atoms with E-state index >= 15 is 0 Å². The van der Waals surface area contributed by atoms with Gasteiger partial charge in [-0.15, -0.1) is 0 Å². The summed E-state index contributed by atoms with van der Waals surface area (Å²) in [5, 5.41) is 3.63. The van der Waals surface area contributed by atoms with Gasteiger partial charge in [-0.2, -0.15) is 0 Å². The molecule has 1 heterocycles. The number of hydrogen-bond acceptors (Lipinski definition) is 2. The third kappa shape index (κ3) is 4.94. The Labute approximate surface area is 136 Å². The Balaban J connectivity index is 2.13. The van der Waals surface area contributed by atoms with Gasteiger partial charge in [-0.3, -0.25) is 4.98 Å². The molecule has 0 bridgehead atoms. The number of benzene rings is 1. The Morgan fingerprint density at radius 1 is 1.10 bits per heavy atom. The number of nitrogens with zero attached hydrogens (tertiary/aromatic N) is 1. The van der Waals surface area contributed by atoms with Crippen molar-refractivity contribution in [2.24, 2.45) is 0 Å². The smallest absolute Gasteiger partial charge is 0.0422 e. The number of aromatic nitrogens is 1.